The molecule has 0 heterocycles. The first-order chi connectivity index (χ1) is 7.95. The van der Waals surface area contributed by atoms with Crippen LogP contribution in [0.25, 0.3) is 0 Å². The Morgan fingerprint density at radius 3 is 2.65 bits per heavy atom. The smallest absolute Gasteiger partial charge is 0.339 e. The summed E-state index contributed by atoms with van der Waals surface area (Å²) in [5.74, 6) is -1.26. The highest BCUT2D eigenvalue weighted by molar-refractivity contribution is 9.10. The van der Waals surface area contributed by atoms with E-state index >= 15 is 0 Å². The second kappa shape index (κ2) is 5.67. The van der Waals surface area contributed by atoms with E-state index < -0.39 is 12.1 Å². The van der Waals surface area contributed by atoms with Gasteiger partial charge >= 0.3 is 5.97 Å². The van der Waals surface area contributed by atoms with Crippen LogP contribution in [0.4, 0.5) is 0 Å². The van der Waals surface area contributed by atoms with Crippen LogP contribution >= 0.6 is 15.9 Å². The zero-order chi connectivity index (χ0) is 13.0. The highest BCUT2D eigenvalue weighted by Crippen LogP contribution is 2.24. The third-order valence-corrected chi connectivity index (χ3v) is 2.58. The van der Waals surface area contributed by atoms with E-state index in [4.69, 9.17) is 9.84 Å². The number of carboxylic acid groups (broad SMARTS) is 1. The van der Waals surface area contributed by atoms with Crippen LogP contribution in [0.1, 0.15) is 17.3 Å². The molecule has 0 spiro atoms. The normalized spacial score (nSPS) is 11.7. The van der Waals surface area contributed by atoms with E-state index in [1.54, 1.807) is 13.0 Å². The number of amides is 1. The highest BCUT2D eigenvalue weighted by Gasteiger charge is 2.17. The quantitative estimate of drug-likeness (QED) is 0.887. The summed E-state index contributed by atoms with van der Waals surface area (Å²) in [5, 5.41) is 11.4. The van der Waals surface area contributed by atoms with E-state index in [9.17, 15) is 9.59 Å². The van der Waals surface area contributed by atoms with Crippen LogP contribution in [0.2, 0.25) is 0 Å². The molecule has 0 saturated heterocycles. The molecular formula is C11H12BrNO4. The van der Waals surface area contributed by atoms with Crippen molar-refractivity contribution in [3.05, 3.63) is 28.2 Å². The maximum absolute atomic E-state index is 11.3. The summed E-state index contributed by atoms with van der Waals surface area (Å²) >= 11 is 3.18. The van der Waals surface area contributed by atoms with Crippen LogP contribution < -0.4 is 10.1 Å². The molecule has 17 heavy (non-hydrogen) atoms. The Morgan fingerprint density at radius 1 is 1.47 bits per heavy atom. The summed E-state index contributed by atoms with van der Waals surface area (Å²) in [6, 6.07) is 4.58. The number of hydrogen-bond donors (Lipinski definition) is 2. The number of carbonyl (C=O) groups excluding carboxylic acids is 1. The third-order valence-electron chi connectivity index (χ3n) is 2.09. The Kier molecular flexibility index (Phi) is 4.51. The lowest BCUT2D eigenvalue weighted by molar-refractivity contribution is -0.126. The van der Waals surface area contributed by atoms with Gasteiger partial charge in [-0.2, -0.15) is 0 Å². The fourth-order valence-corrected chi connectivity index (χ4v) is 1.58. The van der Waals surface area contributed by atoms with Crippen LogP contribution in [0, 0.1) is 0 Å². The van der Waals surface area contributed by atoms with Crippen molar-refractivity contribution in [2.24, 2.45) is 0 Å². The standard InChI is InChI=1S/C11H12BrNO4/c1-6(10(14)13-2)17-9-4-3-7(12)5-8(9)11(15)16/h3-6H,1-2H3,(H,13,14)(H,15,16). The first-order valence-electron chi connectivity index (χ1n) is 4.86. The number of hydrogen-bond acceptors (Lipinski definition) is 3. The molecule has 2 N–H and O–H groups in total. The average molecular weight is 302 g/mol. The van der Waals surface area contributed by atoms with Gasteiger partial charge in [0.1, 0.15) is 11.3 Å². The summed E-state index contributed by atoms with van der Waals surface area (Å²) in [5.41, 5.74) is 0.00938. The molecule has 0 aromatic heterocycles. The van der Waals surface area contributed by atoms with E-state index in [-0.39, 0.29) is 17.2 Å². The largest absolute Gasteiger partial charge is 0.480 e. The molecule has 0 fully saturated rings. The molecule has 92 valence electrons. The first-order valence-corrected chi connectivity index (χ1v) is 5.66. The summed E-state index contributed by atoms with van der Waals surface area (Å²) in [7, 11) is 1.49. The molecule has 0 radical (unpaired) electrons. The van der Waals surface area contributed by atoms with Crippen molar-refractivity contribution in [2.45, 2.75) is 13.0 Å². The molecule has 1 rings (SSSR count). The maximum atomic E-state index is 11.3. The predicted molar refractivity (Wildman–Crippen MR) is 65.3 cm³/mol. The Hall–Kier alpha value is -1.56. The number of carbonyl (C=O) groups is 2. The van der Waals surface area contributed by atoms with Gasteiger partial charge in [0.15, 0.2) is 6.10 Å². The van der Waals surface area contributed by atoms with Crippen LogP contribution in [0.15, 0.2) is 22.7 Å². The minimum Gasteiger partial charge on any atom is -0.480 e. The Bertz CT molecular complexity index is 447. The lowest BCUT2D eigenvalue weighted by atomic mass is 10.2. The number of carboxylic acids is 1. The van der Waals surface area contributed by atoms with Crippen molar-refractivity contribution in [3.63, 3.8) is 0 Å². The number of halogens is 1. The number of likely N-dealkylation sites (N-methyl/N-ethyl adjacent to an activating group) is 1. The van der Waals surface area contributed by atoms with Crippen molar-refractivity contribution < 1.29 is 19.4 Å². The van der Waals surface area contributed by atoms with Crippen molar-refractivity contribution in [1.82, 2.24) is 5.32 Å². The molecule has 1 unspecified atom stereocenters. The summed E-state index contributed by atoms with van der Waals surface area (Å²) < 4.78 is 5.93. The summed E-state index contributed by atoms with van der Waals surface area (Å²) in [6.07, 6.45) is -0.751. The van der Waals surface area contributed by atoms with E-state index in [2.05, 4.69) is 21.2 Å². The number of aromatic carboxylic acids is 1. The summed E-state index contributed by atoms with van der Waals surface area (Å²) in [6.45, 7) is 1.55. The average Bonchev–Trinajstić information content (AvgIpc) is 2.29. The third kappa shape index (κ3) is 3.45. The van der Waals surface area contributed by atoms with E-state index in [1.165, 1.54) is 19.2 Å². The zero-order valence-electron chi connectivity index (χ0n) is 9.36. The van der Waals surface area contributed by atoms with Gasteiger partial charge in [0, 0.05) is 11.5 Å². The van der Waals surface area contributed by atoms with Gasteiger partial charge in [-0.25, -0.2) is 4.79 Å². The molecule has 0 aliphatic rings. The minimum absolute atomic E-state index is 0.00938. The number of rotatable bonds is 4. The molecule has 1 amide bonds. The van der Waals surface area contributed by atoms with Gasteiger partial charge < -0.3 is 15.2 Å². The van der Waals surface area contributed by atoms with Gasteiger partial charge in [0.25, 0.3) is 5.91 Å². The van der Waals surface area contributed by atoms with E-state index in [0.29, 0.717) is 4.47 Å². The fraction of sp³-hybridized carbons (Fsp3) is 0.273. The summed E-state index contributed by atoms with van der Waals surface area (Å²) in [4.78, 5) is 22.3. The molecule has 1 atom stereocenters. The molecule has 6 heteroatoms. The van der Waals surface area contributed by atoms with E-state index in [0.717, 1.165) is 0 Å². The maximum Gasteiger partial charge on any atom is 0.339 e. The van der Waals surface area contributed by atoms with Crippen LogP contribution in [0.5, 0.6) is 5.75 Å². The number of nitrogens with one attached hydrogen (secondary N) is 1. The molecule has 0 aliphatic heterocycles. The van der Waals surface area contributed by atoms with Gasteiger partial charge in [-0.05, 0) is 25.1 Å². The number of benzene rings is 1. The topological polar surface area (TPSA) is 75.6 Å². The predicted octanol–water partition coefficient (Wildman–Crippen LogP) is 1.66. The van der Waals surface area contributed by atoms with Crippen LogP contribution in [-0.4, -0.2) is 30.1 Å². The fourth-order valence-electron chi connectivity index (χ4n) is 1.22. The van der Waals surface area contributed by atoms with Crippen LogP contribution in [-0.2, 0) is 4.79 Å². The van der Waals surface area contributed by atoms with E-state index in [1.807, 2.05) is 0 Å². The zero-order valence-corrected chi connectivity index (χ0v) is 10.9. The van der Waals surface area contributed by atoms with Crippen molar-refractivity contribution in [3.8, 4) is 5.75 Å². The van der Waals surface area contributed by atoms with Gasteiger partial charge in [-0.1, -0.05) is 15.9 Å². The first kappa shape index (κ1) is 13.5. The monoisotopic (exact) mass is 301 g/mol. The second-order valence-corrected chi connectivity index (χ2v) is 4.24. The minimum atomic E-state index is -1.11. The van der Waals surface area contributed by atoms with Crippen molar-refractivity contribution >= 4 is 27.8 Å². The molecule has 0 saturated carbocycles. The Morgan fingerprint density at radius 2 is 2.12 bits per heavy atom. The second-order valence-electron chi connectivity index (χ2n) is 3.32. The van der Waals surface area contributed by atoms with Gasteiger partial charge in [0.05, 0.1) is 0 Å². The lowest BCUT2D eigenvalue weighted by Crippen LogP contribution is -2.34. The lowest BCUT2D eigenvalue weighted by Gasteiger charge is -2.14. The molecule has 5 nitrogen and oxygen atoms in total. The van der Waals surface area contributed by atoms with Crippen molar-refractivity contribution in [2.75, 3.05) is 7.05 Å². The molecule has 0 bridgehead atoms. The Labute approximate surface area is 107 Å². The van der Waals surface area contributed by atoms with Crippen molar-refractivity contribution in [1.29, 1.82) is 0 Å². The van der Waals surface area contributed by atoms with Gasteiger partial charge in [0.2, 0.25) is 0 Å². The van der Waals surface area contributed by atoms with Gasteiger partial charge in [-0.3, -0.25) is 4.79 Å². The van der Waals surface area contributed by atoms with Gasteiger partial charge in [-0.15, -0.1) is 0 Å². The number of ether oxygens (including phenoxy) is 1. The van der Waals surface area contributed by atoms with Crippen LogP contribution in [0.3, 0.4) is 0 Å². The molecule has 1 aromatic carbocycles. The molecule has 1 aromatic rings. The SMILES string of the molecule is CNC(=O)C(C)Oc1ccc(Br)cc1C(=O)O. The molecule has 0 aliphatic carbocycles. The highest BCUT2D eigenvalue weighted by atomic mass is 79.9. The molecular weight excluding hydrogens is 290 g/mol. The Balaban J connectivity index is 2.98.